The van der Waals surface area contributed by atoms with Crippen LogP contribution in [0.5, 0.6) is 0 Å². The number of nitrogens with one attached hydrogen (secondary N) is 2. The molecule has 1 atom stereocenters. The molecule has 1 aliphatic rings. The van der Waals surface area contributed by atoms with Crippen LogP contribution in [0.3, 0.4) is 0 Å². The molecular weight excluding hydrogens is 500 g/mol. The van der Waals surface area contributed by atoms with Gasteiger partial charge in [-0.3, -0.25) is 4.79 Å². The second-order valence-corrected chi connectivity index (χ2v) is 12.0. The summed E-state index contributed by atoms with van der Waals surface area (Å²) in [6.07, 6.45) is 0.424. The lowest BCUT2D eigenvalue weighted by Gasteiger charge is -2.30. The third-order valence-electron chi connectivity index (χ3n) is 7.81. The maximum absolute atomic E-state index is 13.6. The summed E-state index contributed by atoms with van der Waals surface area (Å²) in [6.45, 7) is 12.4. The first-order valence-corrected chi connectivity index (χ1v) is 14.2. The van der Waals surface area contributed by atoms with Gasteiger partial charge in [-0.2, -0.15) is 0 Å². The van der Waals surface area contributed by atoms with Gasteiger partial charge in [-0.25, -0.2) is 4.79 Å². The van der Waals surface area contributed by atoms with Crippen molar-refractivity contribution in [2.75, 3.05) is 18.5 Å². The van der Waals surface area contributed by atoms with Crippen molar-refractivity contribution in [2.45, 2.75) is 71.8 Å². The van der Waals surface area contributed by atoms with Gasteiger partial charge in [0.15, 0.2) is 0 Å². The standard InChI is InChI=1S/C34H42N2O4/c1-21(2)17-30(32(38)35-29-19-22(3)18-23(4)31(29)34(5,6)15-16-37)36-33(39)40-20-28-26-13-9-7-11-24(26)25-12-8-10-14-27(25)28/h7-14,18-19,21,28,30,37H,15-17,20H2,1-6H3,(H,35,38)(H,36,39)/t30-/m0/s1. The van der Waals surface area contributed by atoms with E-state index in [2.05, 4.69) is 54.8 Å². The van der Waals surface area contributed by atoms with Gasteiger partial charge in [-0.05, 0) is 83.0 Å². The lowest BCUT2D eigenvalue weighted by molar-refractivity contribution is -0.118. The number of fused-ring (bicyclic) bond motifs is 3. The van der Waals surface area contributed by atoms with Crippen molar-refractivity contribution < 1.29 is 19.4 Å². The number of hydrogen-bond acceptors (Lipinski definition) is 4. The molecule has 6 heteroatoms. The average molecular weight is 543 g/mol. The first-order chi connectivity index (χ1) is 19.0. The molecule has 40 heavy (non-hydrogen) atoms. The van der Waals surface area contributed by atoms with E-state index in [0.717, 1.165) is 38.9 Å². The molecule has 0 spiro atoms. The van der Waals surface area contributed by atoms with Crippen LogP contribution >= 0.6 is 0 Å². The second-order valence-electron chi connectivity index (χ2n) is 12.0. The van der Waals surface area contributed by atoms with Crippen molar-refractivity contribution in [3.63, 3.8) is 0 Å². The monoisotopic (exact) mass is 542 g/mol. The van der Waals surface area contributed by atoms with Crippen molar-refractivity contribution in [2.24, 2.45) is 5.92 Å². The zero-order valence-corrected chi connectivity index (χ0v) is 24.5. The van der Waals surface area contributed by atoms with Gasteiger partial charge in [0.25, 0.3) is 0 Å². The summed E-state index contributed by atoms with van der Waals surface area (Å²) in [5.41, 5.74) is 8.05. The summed E-state index contributed by atoms with van der Waals surface area (Å²) in [5.74, 6) is -0.162. The summed E-state index contributed by atoms with van der Waals surface area (Å²) in [4.78, 5) is 26.7. The Hall–Kier alpha value is -3.64. The maximum atomic E-state index is 13.6. The SMILES string of the molecule is Cc1cc(C)c(C(C)(C)CCO)c(NC(=O)[C@H](CC(C)C)NC(=O)OCC2c3ccccc3-c3ccccc32)c1. The van der Waals surface area contributed by atoms with E-state index in [-0.39, 0.29) is 36.4 Å². The number of rotatable bonds is 10. The highest BCUT2D eigenvalue weighted by Gasteiger charge is 2.31. The molecule has 3 N–H and O–H groups in total. The van der Waals surface area contributed by atoms with Gasteiger partial charge in [-0.1, -0.05) is 82.3 Å². The van der Waals surface area contributed by atoms with Crippen molar-refractivity contribution in [3.05, 3.63) is 88.5 Å². The van der Waals surface area contributed by atoms with E-state index in [1.165, 1.54) is 0 Å². The van der Waals surface area contributed by atoms with Gasteiger partial charge in [0.05, 0.1) is 0 Å². The highest BCUT2D eigenvalue weighted by Crippen LogP contribution is 2.44. The summed E-state index contributed by atoms with van der Waals surface area (Å²) in [7, 11) is 0. The van der Waals surface area contributed by atoms with Gasteiger partial charge in [0.2, 0.25) is 5.91 Å². The Morgan fingerprint density at radius 3 is 2.15 bits per heavy atom. The molecule has 0 bridgehead atoms. The van der Waals surface area contributed by atoms with Crippen molar-refractivity contribution in [1.29, 1.82) is 0 Å². The third kappa shape index (κ3) is 6.39. The van der Waals surface area contributed by atoms with E-state index < -0.39 is 12.1 Å². The molecule has 3 aromatic carbocycles. The van der Waals surface area contributed by atoms with E-state index >= 15 is 0 Å². The Balaban J connectivity index is 1.50. The molecule has 4 rings (SSSR count). The molecule has 0 aromatic heterocycles. The number of alkyl carbamates (subject to hydrolysis) is 1. The van der Waals surface area contributed by atoms with Crippen molar-refractivity contribution >= 4 is 17.7 Å². The summed E-state index contributed by atoms with van der Waals surface area (Å²) in [6, 6.07) is 19.7. The van der Waals surface area contributed by atoms with Gasteiger partial charge >= 0.3 is 6.09 Å². The van der Waals surface area contributed by atoms with E-state index in [4.69, 9.17) is 4.74 Å². The van der Waals surface area contributed by atoms with E-state index in [0.29, 0.717) is 18.5 Å². The molecule has 0 fully saturated rings. The van der Waals surface area contributed by atoms with Crippen LogP contribution in [0.1, 0.15) is 74.3 Å². The second kappa shape index (κ2) is 12.3. The number of aliphatic hydroxyl groups is 1. The first kappa shape index (κ1) is 29.3. The minimum Gasteiger partial charge on any atom is -0.449 e. The predicted molar refractivity (Wildman–Crippen MR) is 161 cm³/mol. The normalized spacial score (nSPS) is 13.5. The summed E-state index contributed by atoms with van der Waals surface area (Å²) >= 11 is 0. The number of anilines is 1. The number of benzene rings is 3. The lowest BCUT2D eigenvalue weighted by atomic mass is 9.78. The average Bonchev–Trinajstić information content (AvgIpc) is 3.20. The zero-order valence-electron chi connectivity index (χ0n) is 24.5. The molecule has 0 unspecified atom stereocenters. The van der Waals surface area contributed by atoms with Crippen LogP contribution in [-0.2, 0) is 14.9 Å². The molecule has 0 heterocycles. The van der Waals surface area contributed by atoms with E-state index in [9.17, 15) is 14.7 Å². The summed E-state index contributed by atoms with van der Waals surface area (Å²) < 4.78 is 5.74. The van der Waals surface area contributed by atoms with Crippen LogP contribution in [0.2, 0.25) is 0 Å². The van der Waals surface area contributed by atoms with Gasteiger partial charge < -0.3 is 20.5 Å². The number of carbonyl (C=O) groups excluding carboxylic acids is 2. The predicted octanol–water partition coefficient (Wildman–Crippen LogP) is 6.86. The van der Waals surface area contributed by atoms with Crippen LogP contribution in [0.15, 0.2) is 60.7 Å². The Labute approximate surface area is 238 Å². The lowest BCUT2D eigenvalue weighted by Crippen LogP contribution is -2.45. The molecule has 0 radical (unpaired) electrons. The fourth-order valence-corrected chi connectivity index (χ4v) is 6.07. The Morgan fingerprint density at radius 1 is 0.975 bits per heavy atom. The Kier molecular flexibility index (Phi) is 8.99. The van der Waals surface area contributed by atoms with E-state index in [1.807, 2.05) is 58.0 Å². The molecule has 212 valence electrons. The minimum atomic E-state index is -0.759. The molecule has 0 saturated heterocycles. The molecule has 6 nitrogen and oxygen atoms in total. The van der Waals surface area contributed by atoms with Crippen LogP contribution < -0.4 is 10.6 Å². The van der Waals surface area contributed by atoms with Gasteiger partial charge in [0, 0.05) is 18.2 Å². The number of hydrogen-bond donors (Lipinski definition) is 3. The van der Waals surface area contributed by atoms with Crippen LogP contribution in [0, 0.1) is 19.8 Å². The number of aliphatic hydroxyl groups excluding tert-OH is 1. The Morgan fingerprint density at radius 2 is 1.57 bits per heavy atom. The largest absolute Gasteiger partial charge is 0.449 e. The van der Waals surface area contributed by atoms with Crippen molar-refractivity contribution in [3.8, 4) is 11.1 Å². The van der Waals surface area contributed by atoms with Gasteiger partial charge in [0.1, 0.15) is 12.6 Å². The van der Waals surface area contributed by atoms with Crippen LogP contribution in [0.4, 0.5) is 10.5 Å². The first-order valence-electron chi connectivity index (χ1n) is 14.2. The fraction of sp³-hybridized carbons (Fsp3) is 0.412. The molecule has 0 saturated carbocycles. The topological polar surface area (TPSA) is 87.7 Å². The maximum Gasteiger partial charge on any atom is 0.407 e. The number of amides is 2. The molecular formula is C34H42N2O4. The molecule has 2 amide bonds. The van der Waals surface area contributed by atoms with Crippen LogP contribution in [-0.4, -0.2) is 36.4 Å². The molecule has 0 aliphatic heterocycles. The van der Waals surface area contributed by atoms with E-state index in [1.54, 1.807) is 0 Å². The fourth-order valence-electron chi connectivity index (χ4n) is 6.07. The van der Waals surface area contributed by atoms with Crippen LogP contribution in [0.25, 0.3) is 11.1 Å². The Bertz CT molecular complexity index is 1330. The smallest absolute Gasteiger partial charge is 0.407 e. The number of ether oxygens (including phenoxy) is 1. The molecule has 3 aromatic rings. The third-order valence-corrected chi connectivity index (χ3v) is 7.81. The van der Waals surface area contributed by atoms with Gasteiger partial charge in [-0.15, -0.1) is 0 Å². The highest BCUT2D eigenvalue weighted by molar-refractivity contribution is 5.97. The number of carbonyl (C=O) groups is 2. The summed E-state index contributed by atoms with van der Waals surface area (Å²) in [5, 5.41) is 15.6. The minimum absolute atomic E-state index is 0.0486. The van der Waals surface area contributed by atoms with Crippen molar-refractivity contribution in [1.82, 2.24) is 5.32 Å². The highest BCUT2D eigenvalue weighted by atomic mass is 16.5. The zero-order chi connectivity index (χ0) is 29.0. The quantitative estimate of drug-likeness (QED) is 0.261. The number of aryl methyl sites for hydroxylation is 2. The molecule has 1 aliphatic carbocycles.